The number of anilines is 2. The van der Waals surface area contributed by atoms with Gasteiger partial charge in [0.15, 0.2) is 6.10 Å². The minimum Gasteiger partial charge on any atom is -0.449 e. The van der Waals surface area contributed by atoms with Crippen molar-refractivity contribution in [2.45, 2.75) is 30.8 Å². The van der Waals surface area contributed by atoms with Crippen LogP contribution in [0.15, 0.2) is 83.8 Å². The Labute approximate surface area is 199 Å². The minimum atomic E-state index is -3.79. The second-order valence-electron chi connectivity index (χ2n) is 8.10. The van der Waals surface area contributed by atoms with E-state index in [1.807, 2.05) is 24.3 Å². The van der Waals surface area contributed by atoms with Crippen molar-refractivity contribution in [1.82, 2.24) is 0 Å². The largest absolute Gasteiger partial charge is 0.449 e. The highest BCUT2D eigenvalue weighted by molar-refractivity contribution is 7.92. The fourth-order valence-corrected chi connectivity index (χ4v) is 5.15. The molecule has 0 aromatic heterocycles. The Morgan fingerprint density at radius 2 is 1.59 bits per heavy atom. The zero-order valence-electron chi connectivity index (χ0n) is 19.0. The highest BCUT2D eigenvalue weighted by Crippen LogP contribution is 2.28. The number of sulfonamides is 1. The lowest BCUT2D eigenvalue weighted by Crippen LogP contribution is -2.42. The number of rotatable bonds is 6. The number of amides is 1. The Bertz CT molecular complexity index is 1290. The maximum atomic E-state index is 13.0. The van der Waals surface area contributed by atoms with Crippen molar-refractivity contribution in [3.63, 3.8) is 0 Å². The maximum absolute atomic E-state index is 13.0. The summed E-state index contributed by atoms with van der Waals surface area (Å²) in [5, 5.41) is 0. The Kier molecular flexibility index (Phi) is 6.70. The first kappa shape index (κ1) is 23.5. The second kappa shape index (κ2) is 9.69. The first-order chi connectivity index (χ1) is 16.3. The van der Waals surface area contributed by atoms with E-state index in [1.54, 1.807) is 42.2 Å². The number of nitrogens with zero attached hydrogens (tertiary/aromatic N) is 2. The fourth-order valence-electron chi connectivity index (χ4n) is 3.96. The molecule has 8 heteroatoms. The van der Waals surface area contributed by atoms with Crippen LogP contribution in [0.25, 0.3) is 0 Å². The molecule has 1 aliphatic rings. The van der Waals surface area contributed by atoms with Gasteiger partial charge >= 0.3 is 5.97 Å². The van der Waals surface area contributed by atoms with Gasteiger partial charge in [0.25, 0.3) is 15.9 Å². The van der Waals surface area contributed by atoms with Gasteiger partial charge in [-0.15, -0.1) is 0 Å². The van der Waals surface area contributed by atoms with Gasteiger partial charge in [-0.25, -0.2) is 13.2 Å². The number of ether oxygens (including phenoxy) is 1. The van der Waals surface area contributed by atoms with E-state index in [0.29, 0.717) is 12.2 Å². The van der Waals surface area contributed by atoms with Crippen LogP contribution in [0.2, 0.25) is 0 Å². The third-order valence-corrected chi connectivity index (χ3v) is 7.68. The molecule has 0 N–H and O–H groups in total. The van der Waals surface area contributed by atoms with Crippen LogP contribution < -0.4 is 9.21 Å². The van der Waals surface area contributed by atoms with Gasteiger partial charge < -0.3 is 9.64 Å². The zero-order valence-corrected chi connectivity index (χ0v) is 19.9. The number of benzene rings is 3. The fraction of sp³-hybridized carbons (Fsp3) is 0.231. The summed E-state index contributed by atoms with van der Waals surface area (Å²) in [7, 11) is -2.32. The van der Waals surface area contributed by atoms with Crippen LogP contribution in [0.4, 0.5) is 11.4 Å². The second-order valence-corrected chi connectivity index (χ2v) is 10.1. The van der Waals surface area contributed by atoms with Crippen LogP contribution >= 0.6 is 0 Å². The highest BCUT2D eigenvalue weighted by atomic mass is 32.2. The average Bonchev–Trinajstić information content (AvgIpc) is 2.88. The van der Waals surface area contributed by atoms with E-state index >= 15 is 0 Å². The summed E-state index contributed by atoms with van der Waals surface area (Å²) in [6.45, 7) is 2.12. The molecule has 0 saturated heterocycles. The first-order valence-electron chi connectivity index (χ1n) is 11.0. The number of hydrogen-bond donors (Lipinski definition) is 0. The number of hydrogen-bond acceptors (Lipinski definition) is 5. The molecule has 0 aliphatic carbocycles. The van der Waals surface area contributed by atoms with Gasteiger partial charge in [0.1, 0.15) is 0 Å². The Morgan fingerprint density at radius 3 is 2.29 bits per heavy atom. The summed E-state index contributed by atoms with van der Waals surface area (Å²) in [4.78, 5) is 27.3. The summed E-state index contributed by atoms with van der Waals surface area (Å²) >= 11 is 0. The van der Waals surface area contributed by atoms with Gasteiger partial charge in [-0.3, -0.25) is 9.10 Å². The molecule has 1 atom stereocenters. The molecule has 0 bridgehead atoms. The molecule has 3 aromatic rings. The smallest absolute Gasteiger partial charge is 0.338 e. The van der Waals surface area contributed by atoms with Crippen molar-refractivity contribution in [3.8, 4) is 0 Å². The van der Waals surface area contributed by atoms with Crippen LogP contribution in [0.5, 0.6) is 0 Å². The summed E-state index contributed by atoms with van der Waals surface area (Å²) in [5.41, 5.74) is 2.63. The van der Waals surface area contributed by atoms with Gasteiger partial charge in [0, 0.05) is 19.3 Å². The van der Waals surface area contributed by atoms with Crippen molar-refractivity contribution in [2.24, 2.45) is 0 Å². The number of fused-ring (bicyclic) bond motifs is 1. The van der Waals surface area contributed by atoms with Crippen molar-refractivity contribution < 1.29 is 22.7 Å². The Balaban J connectivity index is 1.44. The molecular weight excluding hydrogens is 452 g/mol. The third-order valence-electron chi connectivity index (χ3n) is 5.88. The summed E-state index contributed by atoms with van der Waals surface area (Å²) in [6, 6.07) is 21.9. The maximum Gasteiger partial charge on any atom is 0.338 e. The van der Waals surface area contributed by atoms with E-state index in [0.717, 1.165) is 24.1 Å². The number of aryl methyl sites for hydroxylation is 1. The molecule has 3 aromatic carbocycles. The van der Waals surface area contributed by atoms with Crippen molar-refractivity contribution in [3.05, 3.63) is 90.0 Å². The van der Waals surface area contributed by atoms with E-state index in [9.17, 15) is 18.0 Å². The molecule has 0 spiro atoms. The molecule has 34 heavy (non-hydrogen) atoms. The lowest BCUT2D eigenvalue weighted by atomic mass is 10.0. The predicted octanol–water partition coefficient (Wildman–Crippen LogP) is 4.04. The lowest BCUT2D eigenvalue weighted by molar-refractivity contribution is -0.126. The SMILES string of the molecule is CC(OC(=O)c1ccc(S(=O)(=O)N(C)c2ccccc2)cc1)C(=O)N1CCCc2ccccc21. The van der Waals surface area contributed by atoms with Gasteiger partial charge in [0.05, 0.1) is 16.1 Å². The van der Waals surface area contributed by atoms with Gasteiger partial charge in [-0.05, 0) is 67.8 Å². The van der Waals surface area contributed by atoms with Crippen LogP contribution in [0.1, 0.15) is 29.3 Å². The van der Waals surface area contributed by atoms with Crippen molar-refractivity contribution in [1.29, 1.82) is 0 Å². The molecular formula is C26H26N2O5S. The third kappa shape index (κ3) is 4.68. The number of carbonyl (C=O) groups excluding carboxylic acids is 2. The Hall–Kier alpha value is -3.65. The van der Waals surface area contributed by atoms with Gasteiger partial charge in [0.2, 0.25) is 0 Å². The summed E-state index contributed by atoms with van der Waals surface area (Å²) < 4.78 is 32.4. The topological polar surface area (TPSA) is 84.0 Å². The summed E-state index contributed by atoms with van der Waals surface area (Å²) in [5.74, 6) is -0.976. The van der Waals surface area contributed by atoms with Crippen molar-refractivity contribution >= 4 is 33.3 Å². The van der Waals surface area contributed by atoms with E-state index in [1.165, 1.54) is 35.6 Å². The molecule has 0 fully saturated rings. The number of para-hydroxylation sites is 2. The lowest BCUT2D eigenvalue weighted by Gasteiger charge is -2.31. The van der Waals surface area contributed by atoms with E-state index in [-0.39, 0.29) is 16.4 Å². The van der Waals surface area contributed by atoms with Crippen LogP contribution in [-0.2, 0) is 26.0 Å². The Morgan fingerprint density at radius 1 is 0.941 bits per heavy atom. The monoisotopic (exact) mass is 478 g/mol. The van der Waals surface area contributed by atoms with Gasteiger partial charge in [-0.2, -0.15) is 0 Å². The van der Waals surface area contributed by atoms with Crippen LogP contribution in [-0.4, -0.2) is 40.0 Å². The normalized spacial score (nSPS) is 14.1. The van der Waals surface area contributed by atoms with Crippen LogP contribution in [0, 0.1) is 0 Å². The van der Waals surface area contributed by atoms with E-state index in [4.69, 9.17) is 4.74 Å². The predicted molar refractivity (Wildman–Crippen MR) is 130 cm³/mol. The van der Waals surface area contributed by atoms with E-state index < -0.39 is 22.1 Å². The molecule has 4 rings (SSSR count). The molecule has 0 saturated carbocycles. The number of esters is 1. The molecule has 1 aliphatic heterocycles. The van der Waals surface area contributed by atoms with Crippen molar-refractivity contribution in [2.75, 3.05) is 22.8 Å². The quantitative estimate of drug-likeness (QED) is 0.500. The van der Waals surface area contributed by atoms with Gasteiger partial charge in [-0.1, -0.05) is 36.4 Å². The zero-order chi connectivity index (χ0) is 24.3. The average molecular weight is 479 g/mol. The van der Waals surface area contributed by atoms with Crippen LogP contribution in [0.3, 0.4) is 0 Å². The summed E-state index contributed by atoms with van der Waals surface area (Å²) in [6.07, 6.45) is 0.769. The molecule has 7 nitrogen and oxygen atoms in total. The molecule has 176 valence electrons. The molecule has 1 heterocycles. The molecule has 1 amide bonds. The first-order valence-corrected chi connectivity index (χ1v) is 12.5. The standard InChI is InChI=1S/C26H26N2O5S/c1-19(25(29)28-18-8-10-20-9-6-7-13-24(20)28)33-26(30)21-14-16-23(17-15-21)34(31,32)27(2)22-11-4-3-5-12-22/h3-7,9,11-17,19H,8,10,18H2,1-2H3. The molecule has 0 radical (unpaired) electrons. The van der Waals surface area contributed by atoms with E-state index in [2.05, 4.69) is 0 Å². The highest BCUT2D eigenvalue weighted by Gasteiger charge is 2.29. The molecule has 1 unspecified atom stereocenters. The minimum absolute atomic E-state index is 0.0458. The number of carbonyl (C=O) groups is 2.